The third kappa shape index (κ3) is 2.56. The predicted octanol–water partition coefficient (Wildman–Crippen LogP) is 3.89. The summed E-state index contributed by atoms with van der Waals surface area (Å²) in [5, 5.41) is 0. The largest absolute Gasteiger partial charge is 0.496 e. The van der Waals surface area contributed by atoms with Crippen molar-refractivity contribution in [1.82, 2.24) is 0 Å². The van der Waals surface area contributed by atoms with Gasteiger partial charge in [-0.3, -0.25) is 4.79 Å². The van der Waals surface area contributed by atoms with Gasteiger partial charge in [-0.15, -0.1) is 0 Å². The highest BCUT2D eigenvalue weighted by atomic mass is 79.9. The molecule has 4 heteroatoms. The summed E-state index contributed by atoms with van der Waals surface area (Å²) in [6.45, 7) is 3.82. The summed E-state index contributed by atoms with van der Waals surface area (Å²) >= 11 is 3.48. The molecule has 0 amide bonds. The molecule has 0 fully saturated rings. The van der Waals surface area contributed by atoms with Gasteiger partial charge in [0.1, 0.15) is 5.75 Å². The lowest BCUT2D eigenvalue weighted by molar-refractivity contribution is 0.103. The highest BCUT2D eigenvalue weighted by Crippen LogP contribution is 2.33. The summed E-state index contributed by atoms with van der Waals surface area (Å²) in [7, 11) is 1.58. The Morgan fingerprint density at radius 3 is 2.35 bits per heavy atom. The summed E-state index contributed by atoms with van der Waals surface area (Å²) in [6.07, 6.45) is 0. The number of anilines is 1. The lowest BCUT2D eigenvalue weighted by Crippen LogP contribution is -2.08. The quantitative estimate of drug-likeness (QED) is 0.684. The Morgan fingerprint density at radius 2 is 1.80 bits per heavy atom. The molecular weight excluding hydrogens is 318 g/mol. The van der Waals surface area contributed by atoms with Crippen molar-refractivity contribution in [3.05, 3.63) is 57.1 Å². The zero-order valence-electron chi connectivity index (χ0n) is 11.7. The van der Waals surface area contributed by atoms with Crippen LogP contribution in [0.15, 0.2) is 34.8 Å². The van der Waals surface area contributed by atoms with Crippen LogP contribution in [0.2, 0.25) is 0 Å². The molecule has 2 aromatic carbocycles. The van der Waals surface area contributed by atoms with Crippen molar-refractivity contribution in [1.29, 1.82) is 0 Å². The number of hydrogen-bond donors (Lipinski definition) is 1. The predicted molar refractivity (Wildman–Crippen MR) is 84.5 cm³/mol. The van der Waals surface area contributed by atoms with Crippen molar-refractivity contribution >= 4 is 27.4 Å². The first-order chi connectivity index (χ1) is 9.45. The molecule has 0 aliphatic carbocycles. The van der Waals surface area contributed by atoms with Crippen LogP contribution in [0, 0.1) is 13.8 Å². The fourth-order valence-corrected chi connectivity index (χ4v) is 2.71. The van der Waals surface area contributed by atoms with Gasteiger partial charge in [-0.25, -0.2) is 0 Å². The lowest BCUT2D eigenvalue weighted by Gasteiger charge is -2.15. The van der Waals surface area contributed by atoms with E-state index in [1.54, 1.807) is 31.4 Å². The number of nitrogen functional groups attached to an aromatic ring is 1. The Bertz CT molecular complexity index is 663. The first kappa shape index (κ1) is 14.6. The molecule has 2 aromatic rings. The van der Waals surface area contributed by atoms with Gasteiger partial charge in [-0.2, -0.15) is 0 Å². The first-order valence-electron chi connectivity index (χ1n) is 6.19. The Balaban J connectivity index is 2.62. The molecule has 2 N–H and O–H groups in total. The third-order valence-electron chi connectivity index (χ3n) is 3.27. The molecule has 0 unspecified atom stereocenters. The van der Waals surface area contributed by atoms with Gasteiger partial charge in [0.15, 0.2) is 5.78 Å². The lowest BCUT2D eigenvalue weighted by atomic mass is 9.95. The van der Waals surface area contributed by atoms with Gasteiger partial charge in [0.2, 0.25) is 0 Å². The Kier molecular flexibility index (Phi) is 4.14. The summed E-state index contributed by atoms with van der Waals surface area (Å²) in [4.78, 5) is 12.7. The van der Waals surface area contributed by atoms with E-state index in [9.17, 15) is 4.79 Å². The van der Waals surface area contributed by atoms with E-state index in [2.05, 4.69) is 15.9 Å². The van der Waals surface area contributed by atoms with Crippen molar-refractivity contribution in [2.24, 2.45) is 0 Å². The molecule has 0 radical (unpaired) electrons. The number of nitrogens with two attached hydrogens (primary N) is 1. The molecule has 0 aliphatic rings. The Morgan fingerprint density at radius 1 is 1.20 bits per heavy atom. The van der Waals surface area contributed by atoms with Crippen molar-refractivity contribution in [3.63, 3.8) is 0 Å². The van der Waals surface area contributed by atoms with Crippen LogP contribution in [0.25, 0.3) is 0 Å². The van der Waals surface area contributed by atoms with Crippen LogP contribution >= 0.6 is 15.9 Å². The number of carbonyl (C=O) groups excluding carboxylic acids is 1. The molecule has 0 heterocycles. The molecule has 2 rings (SSSR count). The number of ketones is 1. The second-order valence-corrected chi connectivity index (χ2v) is 5.51. The number of ether oxygens (including phenoxy) is 1. The molecule has 0 saturated carbocycles. The summed E-state index contributed by atoms with van der Waals surface area (Å²) in [5.41, 5.74) is 9.26. The van der Waals surface area contributed by atoms with Gasteiger partial charge in [-0.05, 0) is 55.3 Å². The molecule has 0 spiro atoms. The molecular formula is C16H16BrNO2. The summed E-state index contributed by atoms with van der Waals surface area (Å²) < 4.78 is 6.31. The molecule has 0 saturated heterocycles. The number of aryl methyl sites for hydroxylation is 1. The van der Waals surface area contributed by atoms with Crippen molar-refractivity contribution in [3.8, 4) is 5.75 Å². The van der Waals surface area contributed by atoms with Crippen LogP contribution in [0.4, 0.5) is 5.69 Å². The topological polar surface area (TPSA) is 52.3 Å². The van der Waals surface area contributed by atoms with Crippen LogP contribution < -0.4 is 10.5 Å². The second-order valence-electron chi connectivity index (χ2n) is 4.66. The smallest absolute Gasteiger partial charge is 0.197 e. The third-order valence-corrected chi connectivity index (χ3v) is 4.09. The second kappa shape index (κ2) is 5.67. The number of carbonyl (C=O) groups is 1. The standard InChI is InChI=1S/C16H16BrNO2/c1-9-8-13(17)10(2)14(16(9)20-3)15(19)11-4-6-12(18)7-5-11/h4-8H,18H2,1-3H3. The average molecular weight is 334 g/mol. The Hall–Kier alpha value is -1.81. The van der Waals surface area contributed by atoms with Crippen molar-refractivity contribution < 1.29 is 9.53 Å². The van der Waals surface area contributed by atoms with E-state index in [1.165, 1.54) is 0 Å². The summed E-state index contributed by atoms with van der Waals surface area (Å²) in [6, 6.07) is 8.85. The molecule has 0 atom stereocenters. The minimum atomic E-state index is -0.0660. The number of benzene rings is 2. The fourth-order valence-electron chi connectivity index (χ4n) is 2.17. The van der Waals surface area contributed by atoms with Crippen LogP contribution in [-0.2, 0) is 0 Å². The Labute approximate surface area is 126 Å². The minimum absolute atomic E-state index is 0.0660. The van der Waals surface area contributed by atoms with Gasteiger partial charge in [0.05, 0.1) is 12.7 Å². The van der Waals surface area contributed by atoms with E-state index < -0.39 is 0 Å². The first-order valence-corrected chi connectivity index (χ1v) is 6.99. The highest BCUT2D eigenvalue weighted by Gasteiger charge is 2.20. The zero-order chi connectivity index (χ0) is 14.9. The number of methoxy groups -OCH3 is 1. The number of hydrogen-bond acceptors (Lipinski definition) is 3. The maximum Gasteiger partial charge on any atom is 0.197 e. The van der Waals surface area contributed by atoms with Crippen LogP contribution in [0.3, 0.4) is 0 Å². The monoisotopic (exact) mass is 333 g/mol. The van der Waals surface area contributed by atoms with E-state index in [0.29, 0.717) is 22.6 Å². The minimum Gasteiger partial charge on any atom is -0.496 e. The van der Waals surface area contributed by atoms with Crippen LogP contribution in [-0.4, -0.2) is 12.9 Å². The maximum atomic E-state index is 12.7. The van der Waals surface area contributed by atoms with Gasteiger partial charge in [-0.1, -0.05) is 15.9 Å². The highest BCUT2D eigenvalue weighted by molar-refractivity contribution is 9.10. The number of rotatable bonds is 3. The molecule has 3 nitrogen and oxygen atoms in total. The summed E-state index contributed by atoms with van der Waals surface area (Å²) in [5.74, 6) is 0.552. The number of halogens is 1. The maximum absolute atomic E-state index is 12.7. The van der Waals surface area contributed by atoms with Crippen molar-refractivity contribution in [2.75, 3.05) is 12.8 Å². The normalized spacial score (nSPS) is 10.4. The van der Waals surface area contributed by atoms with E-state index in [0.717, 1.165) is 15.6 Å². The van der Waals surface area contributed by atoms with Gasteiger partial charge in [0, 0.05) is 15.7 Å². The van der Waals surface area contributed by atoms with Gasteiger partial charge in [0.25, 0.3) is 0 Å². The van der Waals surface area contributed by atoms with Crippen molar-refractivity contribution in [2.45, 2.75) is 13.8 Å². The SMILES string of the molecule is COc1c(C)cc(Br)c(C)c1C(=O)c1ccc(N)cc1. The average Bonchev–Trinajstić information content (AvgIpc) is 2.42. The molecule has 104 valence electrons. The zero-order valence-corrected chi connectivity index (χ0v) is 13.2. The van der Waals surface area contributed by atoms with Gasteiger partial charge < -0.3 is 10.5 Å². The fraction of sp³-hybridized carbons (Fsp3) is 0.188. The molecule has 0 bridgehead atoms. The van der Waals surface area contributed by atoms with E-state index in [4.69, 9.17) is 10.5 Å². The van der Waals surface area contributed by atoms with E-state index >= 15 is 0 Å². The van der Waals surface area contributed by atoms with Crippen LogP contribution in [0.5, 0.6) is 5.75 Å². The molecule has 0 aliphatic heterocycles. The van der Waals surface area contributed by atoms with E-state index in [-0.39, 0.29) is 5.78 Å². The van der Waals surface area contributed by atoms with Gasteiger partial charge >= 0.3 is 0 Å². The van der Waals surface area contributed by atoms with E-state index in [1.807, 2.05) is 19.9 Å². The molecule has 20 heavy (non-hydrogen) atoms. The molecule has 0 aromatic heterocycles. The van der Waals surface area contributed by atoms with Crippen LogP contribution in [0.1, 0.15) is 27.0 Å².